The van der Waals surface area contributed by atoms with Crippen molar-refractivity contribution >= 4 is 56.0 Å². The SMILES string of the molecule is CCOc1cc(/C=c2/sc3nc4c(C)c(C)ccc4n3c2=O)cc(I)c1OC. The Morgan fingerprint density at radius 2 is 2.07 bits per heavy atom. The molecule has 0 saturated carbocycles. The van der Waals surface area contributed by atoms with Gasteiger partial charge in [-0.05, 0) is 84.3 Å². The molecule has 7 heteroatoms. The minimum atomic E-state index is -0.0467. The van der Waals surface area contributed by atoms with Gasteiger partial charge in [-0.15, -0.1) is 0 Å². The number of aromatic nitrogens is 2. The number of methoxy groups -OCH3 is 1. The number of fused-ring (bicyclic) bond motifs is 3. The predicted octanol–water partition coefficient (Wildman–Crippen LogP) is 4.09. The maximum atomic E-state index is 13.1. The molecule has 2 heterocycles. The van der Waals surface area contributed by atoms with Crippen LogP contribution in [-0.2, 0) is 0 Å². The Balaban J connectivity index is 1.92. The van der Waals surface area contributed by atoms with Crippen LogP contribution in [0.15, 0.2) is 29.1 Å². The van der Waals surface area contributed by atoms with Crippen molar-refractivity contribution in [3.05, 3.63) is 59.4 Å². The number of thiazole rings is 1. The number of halogens is 1. The molecule has 5 nitrogen and oxygen atoms in total. The number of ether oxygens (including phenoxy) is 2. The summed E-state index contributed by atoms with van der Waals surface area (Å²) in [6.45, 7) is 6.57. The highest BCUT2D eigenvalue weighted by atomic mass is 127. The number of nitrogens with zero attached hydrogens (tertiary/aromatic N) is 2. The molecule has 0 spiro atoms. The zero-order valence-electron chi connectivity index (χ0n) is 16.0. The lowest BCUT2D eigenvalue weighted by atomic mass is 10.1. The van der Waals surface area contributed by atoms with Crippen LogP contribution in [0.4, 0.5) is 0 Å². The molecule has 0 aliphatic heterocycles. The quantitative estimate of drug-likeness (QED) is 0.392. The summed E-state index contributed by atoms with van der Waals surface area (Å²) in [6.07, 6.45) is 1.89. The van der Waals surface area contributed by atoms with Crippen molar-refractivity contribution in [3.63, 3.8) is 0 Å². The monoisotopic (exact) mass is 506 g/mol. The van der Waals surface area contributed by atoms with Crippen molar-refractivity contribution in [2.75, 3.05) is 13.7 Å². The summed E-state index contributed by atoms with van der Waals surface area (Å²) < 4.78 is 14.4. The summed E-state index contributed by atoms with van der Waals surface area (Å²) >= 11 is 3.62. The Kier molecular flexibility index (Phi) is 5.05. The number of benzene rings is 2. The number of hydrogen-bond donors (Lipinski definition) is 0. The molecule has 0 bridgehead atoms. The summed E-state index contributed by atoms with van der Waals surface area (Å²) in [7, 11) is 1.63. The van der Waals surface area contributed by atoms with E-state index in [4.69, 9.17) is 14.5 Å². The largest absolute Gasteiger partial charge is 0.492 e. The van der Waals surface area contributed by atoms with Crippen LogP contribution in [0.25, 0.3) is 22.1 Å². The van der Waals surface area contributed by atoms with Crippen LogP contribution >= 0.6 is 33.9 Å². The fourth-order valence-corrected chi connectivity index (χ4v) is 5.07. The van der Waals surface area contributed by atoms with Gasteiger partial charge in [0, 0.05) is 0 Å². The highest BCUT2D eigenvalue weighted by Crippen LogP contribution is 2.34. The van der Waals surface area contributed by atoms with Crippen LogP contribution in [0.3, 0.4) is 0 Å². The first-order valence-corrected chi connectivity index (χ1v) is 10.8. The molecule has 0 N–H and O–H groups in total. The normalized spacial score (nSPS) is 12.2. The Bertz CT molecular complexity index is 1320. The van der Waals surface area contributed by atoms with E-state index in [1.807, 2.05) is 44.2 Å². The molecule has 28 heavy (non-hydrogen) atoms. The van der Waals surface area contributed by atoms with Crippen LogP contribution in [0.2, 0.25) is 0 Å². The van der Waals surface area contributed by atoms with Crippen molar-refractivity contribution in [3.8, 4) is 11.5 Å². The maximum Gasteiger partial charge on any atom is 0.274 e. The van der Waals surface area contributed by atoms with Gasteiger partial charge in [-0.3, -0.25) is 4.79 Å². The molecule has 4 aromatic rings. The Hall–Kier alpha value is -2.13. The van der Waals surface area contributed by atoms with E-state index >= 15 is 0 Å². The third kappa shape index (κ3) is 3.06. The highest BCUT2D eigenvalue weighted by Gasteiger charge is 2.14. The van der Waals surface area contributed by atoms with Gasteiger partial charge >= 0.3 is 0 Å². The molecule has 144 valence electrons. The molecule has 0 atom stereocenters. The third-order valence-electron chi connectivity index (χ3n) is 4.77. The molecule has 0 aliphatic carbocycles. The van der Waals surface area contributed by atoms with Crippen molar-refractivity contribution < 1.29 is 9.47 Å². The fourth-order valence-electron chi connectivity index (χ4n) is 3.25. The first kappa shape index (κ1) is 19.2. The van der Waals surface area contributed by atoms with Crippen LogP contribution in [-0.4, -0.2) is 23.1 Å². The van der Waals surface area contributed by atoms with Crippen molar-refractivity contribution in [1.82, 2.24) is 9.38 Å². The number of aryl methyl sites for hydroxylation is 2. The van der Waals surface area contributed by atoms with E-state index in [1.54, 1.807) is 11.5 Å². The lowest BCUT2D eigenvalue weighted by molar-refractivity contribution is 0.309. The van der Waals surface area contributed by atoms with Crippen LogP contribution in [0.5, 0.6) is 11.5 Å². The Labute approximate surface area is 179 Å². The van der Waals surface area contributed by atoms with Gasteiger partial charge in [0.05, 0.1) is 32.9 Å². The lowest BCUT2D eigenvalue weighted by Crippen LogP contribution is -2.22. The summed E-state index contributed by atoms with van der Waals surface area (Å²) in [5.41, 5.74) is 4.89. The lowest BCUT2D eigenvalue weighted by Gasteiger charge is -2.11. The summed E-state index contributed by atoms with van der Waals surface area (Å²) in [4.78, 5) is 18.5. The number of hydrogen-bond acceptors (Lipinski definition) is 5. The second-order valence-electron chi connectivity index (χ2n) is 6.49. The molecule has 0 saturated heterocycles. The number of rotatable bonds is 4. The smallest absolute Gasteiger partial charge is 0.274 e. The number of imidazole rings is 1. The average Bonchev–Trinajstić information content (AvgIpc) is 3.16. The van der Waals surface area contributed by atoms with Gasteiger partial charge in [0.25, 0.3) is 5.56 Å². The first-order chi connectivity index (χ1) is 13.4. The van der Waals surface area contributed by atoms with Gasteiger partial charge in [-0.2, -0.15) is 0 Å². The van der Waals surface area contributed by atoms with Gasteiger partial charge in [0.2, 0.25) is 0 Å². The third-order valence-corrected chi connectivity index (χ3v) is 6.54. The first-order valence-electron chi connectivity index (χ1n) is 8.87. The fraction of sp³-hybridized carbons (Fsp3) is 0.238. The predicted molar refractivity (Wildman–Crippen MR) is 122 cm³/mol. The Morgan fingerprint density at radius 3 is 2.79 bits per heavy atom. The summed E-state index contributed by atoms with van der Waals surface area (Å²) in [5, 5.41) is 0. The minimum absolute atomic E-state index is 0.0467. The van der Waals surface area contributed by atoms with Gasteiger partial charge in [0.1, 0.15) is 0 Å². The van der Waals surface area contributed by atoms with Crippen LogP contribution < -0.4 is 19.6 Å². The highest BCUT2D eigenvalue weighted by molar-refractivity contribution is 14.1. The average molecular weight is 506 g/mol. The summed E-state index contributed by atoms with van der Waals surface area (Å²) in [6, 6.07) is 7.89. The van der Waals surface area contributed by atoms with Gasteiger partial charge in [-0.1, -0.05) is 17.4 Å². The minimum Gasteiger partial charge on any atom is -0.492 e. The van der Waals surface area contributed by atoms with E-state index in [-0.39, 0.29) is 5.56 Å². The topological polar surface area (TPSA) is 52.8 Å². The summed E-state index contributed by atoms with van der Waals surface area (Å²) in [5.74, 6) is 1.38. The van der Waals surface area contributed by atoms with E-state index in [0.29, 0.717) is 27.6 Å². The van der Waals surface area contributed by atoms with Crippen LogP contribution in [0.1, 0.15) is 23.6 Å². The Morgan fingerprint density at radius 1 is 1.29 bits per heavy atom. The van der Waals surface area contributed by atoms with E-state index in [0.717, 1.165) is 25.7 Å². The van der Waals surface area contributed by atoms with E-state index in [2.05, 4.69) is 29.5 Å². The molecule has 2 aromatic heterocycles. The molecule has 0 unspecified atom stereocenters. The molecular weight excluding hydrogens is 487 g/mol. The second kappa shape index (κ2) is 7.36. The molecule has 0 amide bonds. The van der Waals surface area contributed by atoms with Gasteiger partial charge < -0.3 is 9.47 Å². The second-order valence-corrected chi connectivity index (χ2v) is 8.66. The molecule has 2 aromatic carbocycles. The molecule has 4 rings (SSSR count). The van der Waals surface area contributed by atoms with Crippen molar-refractivity contribution in [2.24, 2.45) is 0 Å². The maximum absolute atomic E-state index is 13.1. The van der Waals surface area contributed by atoms with E-state index in [1.165, 1.54) is 16.9 Å². The van der Waals surface area contributed by atoms with Gasteiger partial charge in [-0.25, -0.2) is 9.38 Å². The van der Waals surface area contributed by atoms with Gasteiger partial charge in [0.15, 0.2) is 16.5 Å². The molecule has 0 radical (unpaired) electrons. The molecule has 0 aliphatic rings. The van der Waals surface area contributed by atoms with E-state index in [9.17, 15) is 4.79 Å². The van der Waals surface area contributed by atoms with Crippen molar-refractivity contribution in [1.29, 1.82) is 0 Å². The van der Waals surface area contributed by atoms with Crippen LogP contribution in [0, 0.1) is 17.4 Å². The zero-order chi connectivity index (χ0) is 20.0. The molecular formula is C21H19IN2O3S. The van der Waals surface area contributed by atoms with Crippen molar-refractivity contribution in [2.45, 2.75) is 20.8 Å². The standard InChI is InChI=1S/C21H19IN2O3S/c1-5-27-16-9-13(8-14(22)19(16)26-4)10-17-20(25)24-15-7-6-11(2)12(3)18(15)23-21(24)28-17/h6-10H,5H2,1-4H3/b17-10+. The van der Waals surface area contributed by atoms with E-state index < -0.39 is 0 Å². The zero-order valence-corrected chi connectivity index (χ0v) is 19.0. The molecule has 0 fully saturated rings.